The van der Waals surface area contributed by atoms with Crippen LogP contribution >= 0.6 is 11.6 Å². The number of carbonyl (C=O) groups is 1. The van der Waals surface area contributed by atoms with Crippen molar-refractivity contribution in [1.82, 2.24) is 0 Å². The first-order valence-corrected chi connectivity index (χ1v) is 4.76. The minimum atomic E-state index is -1.01. The van der Waals surface area contributed by atoms with Crippen molar-refractivity contribution in [3.8, 4) is 5.75 Å². The Kier molecular flexibility index (Phi) is 3.55. The van der Waals surface area contributed by atoms with Crippen LogP contribution in [0.2, 0.25) is 5.02 Å². The molecule has 5 heteroatoms. The van der Waals surface area contributed by atoms with E-state index in [4.69, 9.17) is 22.4 Å². The van der Waals surface area contributed by atoms with E-state index in [0.717, 1.165) is 5.56 Å². The molecule has 0 heterocycles. The van der Waals surface area contributed by atoms with Gasteiger partial charge in [-0.3, -0.25) is 4.79 Å². The number of halogens is 1. The summed E-state index contributed by atoms with van der Waals surface area (Å²) in [5, 5.41) is 18.4. The number of benzene rings is 1. The summed E-state index contributed by atoms with van der Waals surface area (Å²) in [7, 11) is 0. The molecular formula is C10H12ClNO3. The summed E-state index contributed by atoms with van der Waals surface area (Å²) in [6.45, 7) is 1.74. The number of aryl methyl sites for hydroxylation is 1. The average molecular weight is 230 g/mol. The first-order chi connectivity index (χ1) is 6.93. The van der Waals surface area contributed by atoms with Gasteiger partial charge in [0.2, 0.25) is 0 Å². The Morgan fingerprint density at radius 2 is 2.20 bits per heavy atom. The van der Waals surface area contributed by atoms with Gasteiger partial charge in [-0.05, 0) is 18.6 Å². The normalized spacial score (nSPS) is 12.5. The van der Waals surface area contributed by atoms with E-state index in [1.54, 1.807) is 19.1 Å². The van der Waals surface area contributed by atoms with E-state index in [-0.39, 0.29) is 17.2 Å². The summed E-state index contributed by atoms with van der Waals surface area (Å²) in [6, 6.07) is 2.49. The van der Waals surface area contributed by atoms with E-state index in [1.807, 2.05) is 0 Å². The van der Waals surface area contributed by atoms with Gasteiger partial charge in [0.1, 0.15) is 5.75 Å². The van der Waals surface area contributed by atoms with Gasteiger partial charge in [0, 0.05) is 11.6 Å². The standard InChI is InChI=1S/C10H12ClNO3/c1-5-2-3-6(11)10(15)9(5)7(12)4-8(13)14/h2-3,7,15H,4,12H2,1H3,(H,13,14). The van der Waals surface area contributed by atoms with Crippen molar-refractivity contribution < 1.29 is 15.0 Å². The van der Waals surface area contributed by atoms with Crippen molar-refractivity contribution in [2.45, 2.75) is 19.4 Å². The third kappa shape index (κ3) is 2.61. The maximum absolute atomic E-state index is 10.5. The predicted octanol–water partition coefficient (Wildman–Crippen LogP) is 1.83. The Bertz CT molecular complexity index is 392. The number of hydrogen-bond donors (Lipinski definition) is 3. The van der Waals surface area contributed by atoms with Crippen LogP contribution in [0.4, 0.5) is 0 Å². The average Bonchev–Trinajstić information content (AvgIpc) is 2.11. The Balaban J connectivity index is 3.12. The lowest BCUT2D eigenvalue weighted by Gasteiger charge is -2.15. The van der Waals surface area contributed by atoms with E-state index in [2.05, 4.69) is 0 Å². The van der Waals surface area contributed by atoms with Crippen molar-refractivity contribution in [1.29, 1.82) is 0 Å². The van der Waals surface area contributed by atoms with E-state index in [1.165, 1.54) is 0 Å². The fourth-order valence-electron chi connectivity index (χ4n) is 1.44. The summed E-state index contributed by atoms with van der Waals surface area (Å²) < 4.78 is 0. The monoisotopic (exact) mass is 229 g/mol. The zero-order valence-electron chi connectivity index (χ0n) is 8.20. The maximum atomic E-state index is 10.5. The lowest BCUT2D eigenvalue weighted by atomic mass is 9.98. The molecule has 1 unspecified atom stereocenters. The molecule has 0 spiro atoms. The first kappa shape index (κ1) is 11.8. The predicted molar refractivity (Wildman–Crippen MR) is 57.0 cm³/mol. The molecule has 0 aliphatic rings. The molecule has 0 radical (unpaired) electrons. The van der Waals surface area contributed by atoms with Crippen LogP contribution in [0, 0.1) is 6.92 Å². The Hall–Kier alpha value is -1.26. The Morgan fingerprint density at radius 3 is 2.73 bits per heavy atom. The van der Waals surface area contributed by atoms with Crippen LogP contribution in [0.3, 0.4) is 0 Å². The topological polar surface area (TPSA) is 83.5 Å². The van der Waals surface area contributed by atoms with Crippen LogP contribution in [0.15, 0.2) is 12.1 Å². The van der Waals surface area contributed by atoms with Gasteiger partial charge in [0.25, 0.3) is 0 Å². The Labute approximate surface area is 92.3 Å². The number of phenols is 1. The number of aliphatic carboxylic acids is 1. The molecule has 4 nitrogen and oxygen atoms in total. The number of nitrogens with two attached hydrogens (primary N) is 1. The van der Waals surface area contributed by atoms with E-state index < -0.39 is 12.0 Å². The molecule has 82 valence electrons. The fraction of sp³-hybridized carbons (Fsp3) is 0.300. The number of phenolic OH excluding ortho intramolecular Hbond substituents is 1. The summed E-state index contributed by atoms with van der Waals surface area (Å²) in [5.74, 6) is -1.15. The number of aromatic hydroxyl groups is 1. The van der Waals surface area contributed by atoms with Gasteiger partial charge < -0.3 is 15.9 Å². The molecule has 1 aromatic carbocycles. The van der Waals surface area contributed by atoms with E-state index in [9.17, 15) is 9.90 Å². The second kappa shape index (κ2) is 4.51. The Morgan fingerprint density at radius 1 is 1.60 bits per heavy atom. The SMILES string of the molecule is Cc1ccc(Cl)c(O)c1C(N)CC(=O)O. The number of carboxylic acid groups (broad SMARTS) is 1. The molecule has 0 amide bonds. The lowest BCUT2D eigenvalue weighted by molar-refractivity contribution is -0.137. The highest BCUT2D eigenvalue weighted by atomic mass is 35.5. The molecule has 0 aromatic heterocycles. The summed E-state index contributed by atoms with van der Waals surface area (Å²) in [5.41, 5.74) is 6.79. The van der Waals surface area contributed by atoms with Crippen molar-refractivity contribution >= 4 is 17.6 Å². The van der Waals surface area contributed by atoms with Gasteiger partial charge in [-0.15, -0.1) is 0 Å². The fourth-order valence-corrected chi connectivity index (χ4v) is 1.61. The van der Waals surface area contributed by atoms with Crippen LogP contribution in [0.25, 0.3) is 0 Å². The smallest absolute Gasteiger partial charge is 0.305 e. The minimum absolute atomic E-state index is 0.134. The second-order valence-corrected chi connectivity index (χ2v) is 3.74. The minimum Gasteiger partial charge on any atom is -0.506 e. The molecular weight excluding hydrogens is 218 g/mol. The highest BCUT2D eigenvalue weighted by molar-refractivity contribution is 6.32. The number of rotatable bonds is 3. The molecule has 0 bridgehead atoms. The molecule has 1 atom stereocenters. The third-order valence-electron chi connectivity index (χ3n) is 2.15. The van der Waals surface area contributed by atoms with E-state index >= 15 is 0 Å². The van der Waals surface area contributed by atoms with Gasteiger partial charge in [0.05, 0.1) is 11.4 Å². The van der Waals surface area contributed by atoms with Crippen molar-refractivity contribution in [3.63, 3.8) is 0 Å². The van der Waals surface area contributed by atoms with Crippen LogP contribution < -0.4 is 5.73 Å². The quantitative estimate of drug-likeness (QED) is 0.738. The largest absolute Gasteiger partial charge is 0.506 e. The van der Waals surface area contributed by atoms with Crippen LogP contribution in [0.5, 0.6) is 5.75 Å². The second-order valence-electron chi connectivity index (χ2n) is 3.33. The highest BCUT2D eigenvalue weighted by Crippen LogP contribution is 2.34. The first-order valence-electron chi connectivity index (χ1n) is 4.38. The van der Waals surface area contributed by atoms with Crippen LogP contribution in [-0.4, -0.2) is 16.2 Å². The van der Waals surface area contributed by atoms with Gasteiger partial charge in [-0.2, -0.15) is 0 Å². The number of carboxylic acids is 1. The lowest BCUT2D eigenvalue weighted by Crippen LogP contribution is -2.16. The zero-order chi connectivity index (χ0) is 11.6. The van der Waals surface area contributed by atoms with Crippen molar-refractivity contribution in [2.75, 3.05) is 0 Å². The van der Waals surface area contributed by atoms with Gasteiger partial charge in [0.15, 0.2) is 0 Å². The molecule has 15 heavy (non-hydrogen) atoms. The molecule has 1 aromatic rings. The van der Waals surface area contributed by atoms with Gasteiger partial charge in [-0.25, -0.2) is 0 Å². The van der Waals surface area contributed by atoms with Crippen LogP contribution in [0.1, 0.15) is 23.6 Å². The zero-order valence-corrected chi connectivity index (χ0v) is 8.95. The van der Waals surface area contributed by atoms with Crippen molar-refractivity contribution in [3.05, 3.63) is 28.3 Å². The maximum Gasteiger partial charge on any atom is 0.305 e. The van der Waals surface area contributed by atoms with Gasteiger partial charge in [-0.1, -0.05) is 17.7 Å². The molecule has 1 rings (SSSR count). The van der Waals surface area contributed by atoms with Crippen molar-refractivity contribution in [2.24, 2.45) is 5.73 Å². The molecule has 0 fully saturated rings. The summed E-state index contributed by atoms with van der Waals surface area (Å²) in [4.78, 5) is 10.5. The summed E-state index contributed by atoms with van der Waals surface area (Å²) >= 11 is 5.71. The number of hydrogen-bond acceptors (Lipinski definition) is 3. The third-order valence-corrected chi connectivity index (χ3v) is 2.46. The summed E-state index contributed by atoms with van der Waals surface area (Å²) in [6.07, 6.45) is -0.241. The van der Waals surface area contributed by atoms with Gasteiger partial charge >= 0.3 is 5.97 Å². The van der Waals surface area contributed by atoms with Crippen LogP contribution in [-0.2, 0) is 4.79 Å². The molecule has 0 saturated carbocycles. The molecule has 4 N–H and O–H groups in total. The molecule has 0 saturated heterocycles. The van der Waals surface area contributed by atoms with E-state index in [0.29, 0.717) is 5.56 Å². The molecule has 0 aliphatic carbocycles. The highest BCUT2D eigenvalue weighted by Gasteiger charge is 2.18. The molecule has 0 aliphatic heterocycles.